The highest BCUT2D eigenvalue weighted by atomic mass is 32.2. The minimum Gasteiger partial charge on any atom is -0.505 e. The van der Waals surface area contributed by atoms with Gasteiger partial charge in [-0.3, -0.25) is 4.79 Å². The number of aromatic hydroxyl groups is 1. The van der Waals surface area contributed by atoms with E-state index in [-0.39, 0.29) is 22.0 Å². The molecule has 0 saturated carbocycles. The number of benzene rings is 2. The Balaban J connectivity index is 1.66. The summed E-state index contributed by atoms with van der Waals surface area (Å²) < 4.78 is 30.9. The molecule has 2 aromatic carbocycles. The Bertz CT molecular complexity index is 1570. The van der Waals surface area contributed by atoms with Crippen LogP contribution in [0.25, 0.3) is 10.2 Å². The van der Waals surface area contributed by atoms with Gasteiger partial charge in [0.2, 0.25) is 0 Å². The number of fused-ring (bicyclic) bond motifs is 2. The average Bonchev–Trinajstić information content (AvgIpc) is 3.25. The highest BCUT2D eigenvalue weighted by Crippen LogP contribution is 2.34. The summed E-state index contributed by atoms with van der Waals surface area (Å²) >= 11 is 1.24. The van der Waals surface area contributed by atoms with Gasteiger partial charge >= 0.3 is 0 Å². The van der Waals surface area contributed by atoms with E-state index in [4.69, 9.17) is 0 Å². The second-order valence-electron chi connectivity index (χ2n) is 7.30. The molecule has 0 bridgehead atoms. The third-order valence-corrected chi connectivity index (χ3v) is 7.55. The molecule has 0 aliphatic carbocycles. The minimum absolute atomic E-state index is 0.0124. The van der Waals surface area contributed by atoms with Crippen molar-refractivity contribution < 1.29 is 13.5 Å². The first-order valence-electron chi connectivity index (χ1n) is 9.72. The van der Waals surface area contributed by atoms with E-state index in [9.17, 15) is 18.3 Å². The molecule has 0 saturated heterocycles. The molecule has 0 amide bonds. The maximum atomic E-state index is 13.5. The van der Waals surface area contributed by atoms with Crippen LogP contribution >= 0.6 is 11.3 Å². The van der Waals surface area contributed by atoms with E-state index in [0.717, 1.165) is 11.1 Å². The number of sulfonamides is 1. The number of hydrogen-bond donors (Lipinski definition) is 3. The third-order valence-electron chi connectivity index (χ3n) is 5.31. The normalized spacial score (nSPS) is 14.5. The summed E-state index contributed by atoms with van der Waals surface area (Å²) in [5, 5.41) is 15.5. The van der Waals surface area contributed by atoms with Crippen LogP contribution in [-0.2, 0) is 16.6 Å². The maximum Gasteiger partial charge on any atom is 0.286 e. The lowest BCUT2D eigenvalue weighted by Crippen LogP contribution is -2.36. The van der Waals surface area contributed by atoms with Crippen molar-refractivity contribution in [2.75, 3.05) is 10.7 Å². The molecule has 1 aliphatic rings. The van der Waals surface area contributed by atoms with Gasteiger partial charge < -0.3 is 15.8 Å². The van der Waals surface area contributed by atoms with Gasteiger partial charge in [-0.05, 0) is 41.6 Å². The molecule has 0 radical (unpaired) electrons. The molecule has 162 valence electrons. The number of nitrogens with zero attached hydrogens (tertiary/aromatic N) is 2. The summed E-state index contributed by atoms with van der Waals surface area (Å²) in [6, 6.07) is 15.8. The van der Waals surface area contributed by atoms with Gasteiger partial charge in [0.1, 0.15) is 10.5 Å². The smallest absolute Gasteiger partial charge is 0.286 e. The first-order valence-corrected chi connectivity index (χ1v) is 12.0. The molecular weight excluding hydrogens is 448 g/mol. The van der Waals surface area contributed by atoms with Gasteiger partial charge in [-0.15, -0.1) is 15.7 Å². The molecule has 10 heteroatoms. The van der Waals surface area contributed by atoms with E-state index in [2.05, 4.69) is 15.1 Å². The summed E-state index contributed by atoms with van der Waals surface area (Å²) in [4.78, 5) is 13.5. The molecular formula is C22H18N4O4S2. The van der Waals surface area contributed by atoms with E-state index in [1.165, 1.54) is 22.1 Å². The zero-order chi connectivity index (χ0) is 22.5. The Morgan fingerprint density at radius 1 is 1.12 bits per heavy atom. The number of aromatic nitrogens is 1. The molecule has 4 aromatic rings. The number of nitrogens with one attached hydrogen (secondary N) is 2. The van der Waals surface area contributed by atoms with Gasteiger partial charge in [0.05, 0.1) is 22.4 Å². The van der Waals surface area contributed by atoms with Gasteiger partial charge in [0.25, 0.3) is 15.6 Å². The monoisotopic (exact) mass is 466 g/mol. The molecule has 5 rings (SSSR count). The Labute approximate surface area is 187 Å². The summed E-state index contributed by atoms with van der Waals surface area (Å²) in [5.74, 6) is -0.525. The molecule has 0 atom stereocenters. The SMILES string of the molecule is Cc1ccccc1CNn1c(=O)c(C2=NS(=O)(=O)c3ccccc3N2)c(O)c2sccc21. The highest BCUT2D eigenvalue weighted by Gasteiger charge is 2.30. The van der Waals surface area contributed by atoms with E-state index in [1.807, 2.05) is 31.2 Å². The Kier molecular flexibility index (Phi) is 4.75. The first-order chi connectivity index (χ1) is 15.4. The number of amidine groups is 1. The van der Waals surface area contributed by atoms with Crippen LogP contribution in [0, 0.1) is 6.92 Å². The molecule has 0 spiro atoms. The number of hydrogen-bond acceptors (Lipinski definition) is 7. The van der Waals surface area contributed by atoms with Crippen LogP contribution in [0.4, 0.5) is 5.69 Å². The van der Waals surface area contributed by atoms with Crippen molar-refractivity contribution in [1.29, 1.82) is 0 Å². The molecule has 3 heterocycles. The summed E-state index contributed by atoms with van der Waals surface area (Å²) in [6.07, 6.45) is 0. The molecule has 8 nitrogen and oxygen atoms in total. The van der Waals surface area contributed by atoms with Crippen LogP contribution in [0.5, 0.6) is 5.75 Å². The fourth-order valence-corrected chi connectivity index (χ4v) is 5.61. The van der Waals surface area contributed by atoms with E-state index >= 15 is 0 Å². The van der Waals surface area contributed by atoms with E-state index < -0.39 is 15.6 Å². The lowest BCUT2D eigenvalue weighted by molar-refractivity contribution is 0.479. The average molecular weight is 467 g/mol. The van der Waals surface area contributed by atoms with E-state index in [1.54, 1.807) is 29.6 Å². The quantitative estimate of drug-likeness (QED) is 0.425. The van der Waals surface area contributed by atoms with Crippen molar-refractivity contribution in [2.24, 2.45) is 4.40 Å². The molecule has 0 unspecified atom stereocenters. The summed E-state index contributed by atoms with van der Waals surface area (Å²) in [6.45, 7) is 2.34. The Morgan fingerprint density at radius 3 is 2.69 bits per heavy atom. The lowest BCUT2D eigenvalue weighted by atomic mass is 10.1. The van der Waals surface area contributed by atoms with Gasteiger partial charge in [-0.2, -0.15) is 8.42 Å². The summed E-state index contributed by atoms with van der Waals surface area (Å²) in [5.41, 5.74) is 5.15. The van der Waals surface area contributed by atoms with Crippen molar-refractivity contribution in [3.63, 3.8) is 0 Å². The predicted molar refractivity (Wildman–Crippen MR) is 126 cm³/mol. The van der Waals surface area contributed by atoms with Crippen molar-refractivity contribution in [3.8, 4) is 5.75 Å². The number of rotatable bonds is 4. The third kappa shape index (κ3) is 3.24. The number of thiophene rings is 1. The van der Waals surface area contributed by atoms with Crippen molar-refractivity contribution in [3.05, 3.63) is 87.0 Å². The van der Waals surface area contributed by atoms with Crippen LogP contribution in [0.15, 0.2) is 74.1 Å². The molecule has 3 N–H and O–H groups in total. The van der Waals surface area contributed by atoms with Crippen molar-refractivity contribution in [1.82, 2.24) is 4.68 Å². The number of pyridine rings is 1. The molecule has 32 heavy (non-hydrogen) atoms. The maximum absolute atomic E-state index is 13.5. The van der Waals surface area contributed by atoms with Crippen LogP contribution in [-0.4, -0.2) is 24.0 Å². The van der Waals surface area contributed by atoms with Crippen LogP contribution in [0.1, 0.15) is 16.7 Å². The van der Waals surface area contributed by atoms with Gasteiger partial charge in [0.15, 0.2) is 11.6 Å². The number of para-hydroxylation sites is 1. The van der Waals surface area contributed by atoms with E-state index in [0.29, 0.717) is 22.4 Å². The second-order valence-corrected chi connectivity index (χ2v) is 9.79. The fourth-order valence-electron chi connectivity index (χ4n) is 3.66. The van der Waals surface area contributed by atoms with Gasteiger partial charge in [-0.25, -0.2) is 4.68 Å². The summed E-state index contributed by atoms with van der Waals surface area (Å²) in [7, 11) is -4.04. The Morgan fingerprint density at radius 2 is 1.88 bits per heavy atom. The fraction of sp³-hybridized carbons (Fsp3) is 0.0909. The van der Waals surface area contributed by atoms with Gasteiger partial charge in [0, 0.05) is 0 Å². The first kappa shape index (κ1) is 20.3. The van der Waals surface area contributed by atoms with Gasteiger partial charge in [-0.1, -0.05) is 36.4 Å². The minimum atomic E-state index is -4.04. The van der Waals surface area contributed by atoms with Crippen LogP contribution < -0.4 is 16.3 Å². The molecule has 2 aromatic heterocycles. The number of aryl methyl sites for hydroxylation is 1. The predicted octanol–water partition coefficient (Wildman–Crippen LogP) is 3.38. The highest BCUT2D eigenvalue weighted by molar-refractivity contribution is 7.90. The van der Waals surface area contributed by atoms with Crippen molar-refractivity contribution >= 4 is 43.1 Å². The zero-order valence-electron chi connectivity index (χ0n) is 16.9. The molecule has 0 fully saturated rings. The second kappa shape index (κ2) is 7.50. The number of anilines is 1. The Hall–Kier alpha value is -3.63. The van der Waals surface area contributed by atoms with Crippen molar-refractivity contribution in [2.45, 2.75) is 18.4 Å². The van der Waals surface area contributed by atoms with Crippen LogP contribution in [0.3, 0.4) is 0 Å². The largest absolute Gasteiger partial charge is 0.505 e. The lowest BCUT2D eigenvalue weighted by Gasteiger charge is -2.20. The standard InChI is InChI=1S/C22H18N4O4S2/c1-13-6-2-3-7-14(13)12-23-26-16-10-11-31-20(16)19(27)18(22(26)28)21-24-15-8-4-5-9-17(15)32(29,30)25-21/h2-11,23,27H,12H2,1H3,(H,24,25). The topological polar surface area (TPSA) is 113 Å². The van der Waals surface area contributed by atoms with Crippen LogP contribution in [0.2, 0.25) is 0 Å². The zero-order valence-corrected chi connectivity index (χ0v) is 18.5. The molecule has 1 aliphatic heterocycles.